The summed E-state index contributed by atoms with van der Waals surface area (Å²) in [6, 6.07) is 8.87. The third-order valence-corrected chi connectivity index (χ3v) is 5.28. The van der Waals surface area contributed by atoms with Crippen LogP contribution in [0.1, 0.15) is 57.3 Å². The molecule has 1 saturated carbocycles. The van der Waals surface area contributed by atoms with Crippen LogP contribution in [0.3, 0.4) is 0 Å². The Morgan fingerprint density at radius 1 is 1.33 bits per heavy atom. The van der Waals surface area contributed by atoms with Crippen LogP contribution in [0, 0.1) is 12.8 Å². The molecule has 3 heteroatoms. The molecule has 3 unspecified atom stereocenters. The van der Waals surface area contributed by atoms with Crippen molar-refractivity contribution < 1.29 is 4.79 Å². The number of nitrogens with one attached hydrogen (secondary N) is 1. The van der Waals surface area contributed by atoms with Gasteiger partial charge in [-0.25, -0.2) is 0 Å². The number of hydrogen-bond acceptors (Lipinski definition) is 2. The molecule has 1 aromatic carbocycles. The minimum Gasteiger partial charge on any atom is -0.318 e. The van der Waals surface area contributed by atoms with Crippen LogP contribution in [0.4, 0.5) is 0 Å². The fourth-order valence-electron chi connectivity index (χ4n) is 3.31. The monoisotopic (exact) mass is 286 g/mol. The van der Waals surface area contributed by atoms with Crippen molar-refractivity contribution in [2.75, 3.05) is 0 Å². The number of carbonyl (C=O) groups is 1. The van der Waals surface area contributed by atoms with Gasteiger partial charge < -0.3 is 4.90 Å². The second-order valence-corrected chi connectivity index (χ2v) is 6.93. The molecule has 3 rings (SSSR count). The van der Waals surface area contributed by atoms with Crippen molar-refractivity contribution in [2.45, 2.75) is 64.7 Å². The van der Waals surface area contributed by atoms with E-state index in [0.717, 1.165) is 6.42 Å². The Morgan fingerprint density at radius 3 is 2.48 bits per heavy atom. The summed E-state index contributed by atoms with van der Waals surface area (Å²) in [7, 11) is 0. The van der Waals surface area contributed by atoms with Crippen LogP contribution in [-0.2, 0) is 4.79 Å². The second kappa shape index (κ2) is 5.13. The van der Waals surface area contributed by atoms with Crippen LogP contribution in [0.2, 0.25) is 0 Å². The Kier molecular flexibility index (Phi) is 3.56. The highest BCUT2D eigenvalue weighted by Gasteiger charge is 2.51. The van der Waals surface area contributed by atoms with E-state index >= 15 is 0 Å². The quantitative estimate of drug-likeness (QED) is 0.920. The first-order valence-electron chi connectivity index (χ1n) is 8.13. The van der Waals surface area contributed by atoms with Crippen molar-refractivity contribution in [1.82, 2.24) is 10.2 Å². The maximum atomic E-state index is 12.9. The predicted molar refractivity (Wildman–Crippen MR) is 84.8 cm³/mol. The van der Waals surface area contributed by atoms with Gasteiger partial charge in [-0.05, 0) is 51.5 Å². The van der Waals surface area contributed by atoms with Gasteiger partial charge in [0.15, 0.2) is 0 Å². The maximum absolute atomic E-state index is 12.9. The number of benzene rings is 1. The first kappa shape index (κ1) is 14.6. The van der Waals surface area contributed by atoms with Gasteiger partial charge in [-0.3, -0.25) is 10.1 Å². The van der Waals surface area contributed by atoms with Crippen molar-refractivity contribution in [3.05, 3.63) is 35.4 Å². The molecule has 1 saturated heterocycles. The summed E-state index contributed by atoms with van der Waals surface area (Å²) in [6.45, 7) is 8.43. The van der Waals surface area contributed by atoms with Crippen LogP contribution in [0.5, 0.6) is 0 Å². The zero-order valence-electron chi connectivity index (χ0n) is 13.5. The minimum atomic E-state index is -0.432. The number of aryl methyl sites for hydroxylation is 1. The van der Waals surface area contributed by atoms with Crippen molar-refractivity contribution in [2.24, 2.45) is 5.92 Å². The second-order valence-electron chi connectivity index (χ2n) is 6.93. The fourth-order valence-corrected chi connectivity index (χ4v) is 3.31. The molecule has 3 atom stereocenters. The van der Waals surface area contributed by atoms with Crippen molar-refractivity contribution in [1.29, 1.82) is 0 Å². The topological polar surface area (TPSA) is 32.3 Å². The summed E-state index contributed by atoms with van der Waals surface area (Å²) in [5, 5.41) is 3.59. The number of rotatable bonds is 4. The van der Waals surface area contributed by atoms with Gasteiger partial charge in [-0.1, -0.05) is 36.8 Å². The first-order valence-corrected chi connectivity index (χ1v) is 8.13. The lowest BCUT2D eigenvalue weighted by molar-refractivity contribution is -0.135. The van der Waals surface area contributed by atoms with E-state index in [9.17, 15) is 4.79 Å². The van der Waals surface area contributed by atoms with Crippen LogP contribution in [0.25, 0.3) is 0 Å². The normalized spacial score (nSPS) is 30.8. The summed E-state index contributed by atoms with van der Waals surface area (Å²) in [5.41, 5.74) is 2.01. The average Bonchev–Trinajstić information content (AvgIpc) is 3.28. The van der Waals surface area contributed by atoms with Crippen LogP contribution >= 0.6 is 0 Å². The molecule has 1 heterocycles. The molecule has 0 radical (unpaired) electrons. The van der Waals surface area contributed by atoms with Gasteiger partial charge in [0.1, 0.15) is 6.17 Å². The molecule has 2 aliphatic rings. The molecular weight excluding hydrogens is 260 g/mol. The number of amides is 1. The summed E-state index contributed by atoms with van der Waals surface area (Å²) in [4.78, 5) is 15.0. The molecule has 1 N–H and O–H groups in total. The zero-order chi connectivity index (χ0) is 15.2. The van der Waals surface area contributed by atoms with E-state index < -0.39 is 5.54 Å². The minimum absolute atomic E-state index is 0.0126. The Bertz CT molecular complexity index is 535. The third-order valence-electron chi connectivity index (χ3n) is 5.28. The molecule has 0 aromatic heterocycles. The van der Waals surface area contributed by atoms with E-state index in [1.54, 1.807) is 0 Å². The summed E-state index contributed by atoms with van der Waals surface area (Å²) in [5.74, 6) is 0.942. The Labute approximate surface area is 127 Å². The summed E-state index contributed by atoms with van der Waals surface area (Å²) >= 11 is 0. The lowest BCUT2D eigenvalue weighted by atomic mass is 9.99. The van der Waals surface area contributed by atoms with E-state index in [4.69, 9.17) is 0 Å². The van der Waals surface area contributed by atoms with E-state index in [2.05, 4.69) is 55.3 Å². The standard InChI is InChI=1S/C18H26N2O/c1-5-18(4)17(21)20(13(3)14-10-11-14)16(19-18)15-8-6-12(2)7-9-15/h6-9,13-14,16,19H,5,10-11H2,1-4H3. The van der Waals surface area contributed by atoms with Crippen molar-refractivity contribution in [3.8, 4) is 0 Å². The Balaban J connectivity index is 1.95. The van der Waals surface area contributed by atoms with E-state index in [0.29, 0.717) is 12.0 Å². The molecule has 1 aromatic rings. The van der Waals surface area contributed by atoms with Crippen LogP contribution < -0.4 is 5.32 Å². The lowest BCUT2D eigenvalue weighted by Gasteiger charge is -2.31. The first-order chi connectivity index (χ1) is 9.96. The largest absolute Gasteiger partial charge is 0.318 e. The predicted octanol–water partition coefficient (Wildman–Crippen LogP) is 3.39. The molecule has 114 valence electrons. The Morgan fingerprint density at radius 2 is 1.95 bits per heavy atom. The molecule has 21 heavy (non-hydrogen) atoms. The molecule has 3 nitrogen and oxygen atoms in total. The van der Waals surface area contributed by atoms with Crippen LogP contribution in [0.15, 0.2) is 24.3 Å². The molecule has 1 aliphatic carbocycles. The highest BCUT2D eigenvalue weighted by Crippen LogP contribution is 2.42. The molecule has 0 spiro atoms. The maximum Gasteiger partial charge on any atom is 0.244 e. The highest BCUT2D eigenvalue weighted by molar-refractivity contribution is 5.89. The SMILES string of the molecule is CCC1(C)NC(c2ccc(C)cc2)N(C(C)C2CC2)C1=O. The molecule has 0 bridgehead atoms. The molecular formula is C18H26N2O. The van der Waals surface area contributed by atoms with Crippen molar-refractivity contribution in [3.63, 3.8) is 0 Å². The summed E-state index contributed by atoms with van der Waals surface area (Å²) in [6.07, 6.45) is 3.35. The highest BCUT2D eigenvalue weighted by atomic mass is 16.2. The van der Waals surface area contributed by atoms with Gasteiger partial charge in [0.25, 0.3) is 0 Å². The van der Waals surface area contributed by atoms with E-state index in [1.807, 2.05) is 6.92 Å². The third kappa shape index (κ3) is 2.48. The number of carbonyl (C=O) groups excluding carboxylic acids is 1. The van der Waals surface area contributed by atoms with Gasteiger partial charge >= 0.3 is 0 Å². The van der Waals surface area contributed by atoms with E-state index in [-0.39, 0.29) is 12.1 Å². The van der Waals surface area contributed by atoms with Gasteiger partial charge in [0.05, 0.1) is 5.54 Å². The van der Waals surface area contributed by atoms with Crippen LogP contribution in [-0.4, -0.2) is 22.4 Å². The number of nitrogens with zero attached hydrogens (tertiary/aromatic N) is 1. The average molecular weight is 286 g/mol. The number of hydrogen-bond donors (Lipinski definition) is 1. The zero-order valence-corrected chi connectivity index (χ0v) is 13.5. The smallest absolute Gasteiger partial charge is 0.244 e. The molecule has 1 aliphatic heterocycles. The molecule has 2 fully saturated rings. The lowest BCUT2D eigenvalue weighted by Crippen LogP contribution is -2.44. The Hall–Kier alpha value is -1.35. The van der Waals surface area contributed by atoms with E-state index in [1.165, 1.54) is 24.0 Å². The van der Waals surface area contributed by atoms with Crippen molar-refractivity contribution >= 4 is 5.91 Å². The van der Waals surface area contributed by atoms with Gasteiger partial charge in [-0.2, -0.15) is 0 Å². The van der Waals surface area contributed by atoms with Gasteiger partial charge in [0, 0.05) is 6.04 Å². The summed E-state index contributed by atoms with van der Waals surface area (Å²) < 4.78 is 0. The van der Waals surface area contributed by atoms with Gasteiger partial charge in [-0.15, -0.1) is 0 Å². The fraction of sp³-hybridized carbons (Fsp3) is 0.611. The molecule has 1 amide bonds. The van der Waals surface area contributed by atoms with Gasteiger partial charge in [0.2, 0.25) is 5.91 Å².